The fourth-order valence-electron chi connectivity index (χ4n) is 3.09. The van der Waals surface area contributed by atoms with Crippen LogP contribution in [-0.2, 0) is 18.4 Å². The summed E-state index contributed by atoms with van der Waals surface area (Å²) in [6.07, 6.45) is 5.46. The molecule has 0 unspecified atom stereocenters. The highest BCUT2D eigenvalue weighted by Gasteiger charge is 2.25. The third-order valence-electron chi connectivity index (χ3n) is 4.66. The standard InChI is InChI=1S/C18H23ClN4O2/c1-22-10-7-20-17(22)12-23-8-5-13(6-9-23)18(24)21-14-3-4-16(25-2)15(19)11-14/h3-4,7,10-11,13H,5-6,8-9,12H2,1-2H3,(H,21,24). The molecule has 1 fully saturated rings. The van der Waals surface area contributed by atoms with E-state index < -0.39 is 0 Å². The maximum Gasteiger partial charge on any atom is 0.227 e. The molecule has 0 aliphatic carbocycles. The van der Waals surface area contributed by atoms with Crippen molar-refractivity contribution < 1.29 is 9.53 Å². The summed E-state index contributed by atoms with van der Waals surface area (Å²) in [5.41, 5.74) is 0.700. The normalized spacial score (nSPS) is 16.0. The van der Waals surface area contributed by atoms with Gasteiger partial charge in [-0.2, -0.15) is 0 Å². The van der Waals surface area contributed by atoms with E-state index in [0.717, 1.165) is 38.3 Å². The van der Waals surface area contributed by atoms with Crippen LogP contribution in [0.1, 0.15) is 18.7 Å². The Morgan fingerprint density at radius 1 is 1.40 bits per heavy atom. The summed E-state index contributed by atoms with van der Waals surface area (Å²) in [6.45, 7) is 2.62. The largest absolute Gasteiger partial charge is 0.495 e. The van der Waals surface area contributed by atoms with Crippen molar-refractivity contribution in [2.75, 3.05) is 25.5 Å². The van der Waals surface area contributed by atoms with Gasteiger partial charge in [0.05, 0.1) is 18.7 Å². The number of amides is 1. The molecule has 0 saturated carbocycles. The van der Waals surface area contributed by atoms with E-state index in [4.69, 9.17) is 16.3 Å². The van der Waals surface area contributed by atoms with Crippen LogP contribution in [0.3, 0.4) is 0 Å². The maximum atomic E-state index is 12.5. The lowest BCUT2D eigenvalue weighted by molar-refractivity contribution is -0.121. The molecule has 0 atom stereocenters. The molecule has 0 spiro atoms. The van der Waals surface area contributed by atoms with Gasteiger partial charge in [-0.15, -0.1) is 0 Å². The average Bonchev–Trinajstić information content (AvgIpc) is 3.00. The zero-order valence-corrected chi connectivity index (χ0v) is 15.3. The minimum atomic E-state index is 0.0264. The van der Waals surface area contributed by atoms with Crippen LogP contribution < -0.4 is 10.1 Å². The van der Waals surface area contributed by atoms with Crippen molar-refractivity contribution in [1.29, 1.82) is 0 Å². The Balaban J connectivity index is 1.51. The van der Waals surface area contributed by atoms with Crippen molar-refractivity contribution in [3.63, 3.8) is 0 Å². The van der Waals surface area contributed by atoms with Crippen LogP contribution in [0.25, 0.3) is 0 Å². The first kappa shape index (κ1) is 17.8. The Morgan fingerprint density at radius 3 is 2.76 bits per heavy atom. The first-order chi connectivity index (χ1) is 12.1. The molecule has 3 rings (SSSR count). The SMILES string of the molecule is COc1ccc(NC(=O)C2CCN(Cc3nccn3C)CC2)cc1Cl. The number of carbonyl (C=O) groups excluding carboxylic acids is 1. The van der Waals surface area contributed by atoms with Gasteiger partial charge in [0.15, 0.2) is 0 Å². The highest BCUT2D eigenvalue weighted by Crippen LogP contribution is 2.28. The van der Waals surface area contributed by atoms with Gasteiger partial charge in [-0.1, -0.05) is 11.6 Å². The van der Waals surface area contributed by atoms with Crippen molar-refractivity contribution >= 4 is 23.2 Å². The predicted octanol–water partition coefficient (Wildman–Crippen LogP) is 2.93. The van der Waals surface area contributed by atoms with Crippen molar-refractivity contribution in [1.82, 2.24) is 14.5 Å². The van der Waals surface area contributed by atoms with Gasteiger partial charge >= 0.3 is 0 Å². The summed E-state index contributed by atoms with van der Waals surface area (Å²) in [4.78, 5) is 19.2. The number of ether oxygens (including phenoxy) is 1. The minimum Gasteiger partial charge on any atom is -0.495 e. The summed E-state index contributed by atoms with van der Waals surface area (Å²) in [7, 11) is 3.57. The predicted molar refractivity (Wildman–Crippen MR) is 97.8 cm³/mol. The van der Waals surface area contributed by atoms with Gasteiger partial charge in [-0.05, 0) is 44.1 Å². The van der Waals surface area contributed by atoms with Crippen LogP contribution in [0.2, 0.25) is 5.02 Å². The Morgan fingerprint density at radius 2 is 2.16 bits per heavy atom. The number of nitrogens with one attached hydrogen (secondary N) is 1. The third-order valence-corrected chi connectivity index (χ3v) is 4.96. The average molecular weight is 363 g/mol. The summed E-state index contributed by atoms with van der Waals surface area (Å²) >= 11 is 6.11. The van der Waals surface area contributed by atoms with Gasteiger partial charge in [0.2, 0.25) is 5.91 Å². The van der Waals surface area contributed by atoms with Crippen LogP contribution in [0, 0.1) is 5.92 Å². The molecule has 134 valence electrons. The number of anilines is 1. The molecule has 2 aromatic rings. The number of benzene rings is 1. The summed E-state index contributed by atoms with van der Waals surface area (Å²) < 4.78 is 7.16. The van der Waals surface area contributed by atoms with Crippen LogP contribution >= 0.6 is 11.6 Å². The second-order valence-electron chi connectivity index (χ2n) is 6.34. The number of hydrogen-bond donors (Lipinski definition) is 1. The molecule has 1 aromatic carbocycles. The quantitative estimate of drug-likeness (QED) is 0.888. The molecule has 6 nitrogen and oxygen atoms in total. The second kappa shape index (κ2) is 7.89. The van der Waals surface area contributed by atoms with Gasteiger partial charge in [0, 0.05) is 31.0 Å². The molecule has 1 amide bonds. The second-order valence-corrected chi connectivity index (χ2v) is 6.75. The maximum absolute atomic E-state index is 12.5. The smallest absolute Gasteiger partial charge is 0.227 e. The number of likely N-dealkylation sites (tertiary alicyclic amines) is 1. The van der Waals surface area contributed by atoms with Gasteiger partial charge in [-0.3, -0.25) is 9.69 Å². The number of carbonyl (C=O) groups is 1. The first-order valence-electron chi connectivity index (χ1n) is 8.40. The Kier molecular flexibility index (Phi) is 5.60. The molecule has 0 radical (unpaired) electrons. The lowest BCUT2D eigenvalue weighted by Crippen LogP contribution is -2.38. The van der Waals surface area contributed by atoms with E-state index in [1.807, 2.05) is 24.0 Å². The van der Waals surface area contributed by atoms with Crippen molar-refractivity contribution in [3.05, 3.63) is 41.4 Å². The van der Waals surface area contributed by atoms with E-state index in [2.05, 4.69) is 15.2 Å². The van der Waals surface area contributed by atoms with Crippen LogP contribution in [-0.4, -0.2) is 40.6 Å². The van der Waals surface area contributed by atoms with Crippen LogP contribution in [0.5, 0.6) is 5.75 Å². The number of aromatic nitrogens is 2. The number of hydrogen-bond acceptors (Lipinski definition) is 4. The van der Waals surface area contributed by atoms with Crippen molar-refractivity contribution in [2.24, 2.45) is 13.0 Å². The van der Waals surface area contributed by atoms with Crippen LogP contribution in [0.15, 0.2) is 30.6 Å². The monoisotopic (exact) mass is 362 g/mol. The molecular formula is C18H23ClN4O2. The first-order valence-corrected chi connectivity index (χ1v) is 8.77. The zero-order valence-electron chi connectivity index (χ0n) is 14.5. The Labute approximate surface area is 152 Å². The fourth-order valence-corrected chi connectivity index (χ4v) is 3.35. The molecule has 1 aromatic heterocycles. The Hall–Kier alpha value is -2.05. The topological polar surface area (TPSA) is 59.4 Å². The van der Waals surface area contributed by atoms with E-state index >= 15 is 0 Å². The number of piperidine rings is 1. The third kappa shape index (κ3) is 4.32. The molecule has 1 saturated heterocycles. The van der Waals surface area contributed by atoms with E-state index in [9.17, 15) is 4.79 Å². The molecule has 1 aliphatic heterocycles. The van der Waals surface area contributed by atoms with Crippen molar-refractivity contribution in [3.8, 4) is 5.75 Å². The number of aryl methyl sites for hydroxylation is 1. The molecule has 1 N–H and O–H groups in total. The fraction of sp³-hybridized carbons (Fsp3) is 0.444. The van der Waals surface area contributed by atoms with Crippen LogP contribution in [0.4, 0.5) is 5.69 Å². The molecule has 1 aliphatic rings. The van der Waals surface area contributed by atoms with Crippen molar-refractivity contribution in [2.45, 2.75) is 19.4 Å². The molecule has 25 heavy (non-hydrogen) atoms. The number of imidazole rings is 1. The van der Waals surface area contributed by atoms with Gasteiger partial charge < -0.3 is 14.6 Å². The van der Waals surface area contributed by atoms with E-state index in [0.29, 0.717) is 16.5 Å². The minimum absolute atomic E-state index is 0.0264. The van der Waals surface area contributed by atoms with Gasteiger partial charge in [-0.25, -0.2) is 4.98 Å². The van der Waals surface area contributed by atoms with Gasteiger partial charge in [0.1, 0.15) is 11.6 Å². The van der Waals surface area contributed by atoms with E-state index in [1.54, 1.807) is 25.3 Å². The lowest BCUT2D eigenvalue weighted by atomic mass is 9.96. The molecule has 2 heterocycles. The highest BCUT2D eigenvalue weighted by molar-refractivity contribution is 6.32. The lowest BCUT2D eigenvalue weighted by Gasteiger charge is -2.31. The number of rotatable bonds is 5. The van der Waals surface area contributed by atoms with Gasteiger partial charge in [0.25, 0.3) is 0 Å². The summed E-state index contributed by atoms with van der Waals surface area (Å²) in [5.74, 6) is 1.73. The number of halogens is 1. The summed E-state index contributed by atoms with van der Waals surface area (Å²) in [5, 5.41) is 3.45. The highest BCUT2D eigenvalue weighted by atomic mass is 35.5. The Bertz CT molecular complexity index is 738. The number of methoxy groups -OCH3 is 1. The summed E-state index contributed by atoms with van der Waals surface area (Å²) in [6, 6.07) is 5.28. The molecular weight excluding hydrogens is 340 g/mol. The number of nitrogens with zero attached hydrogens (tertiary/aromatic N) is 3. The van der Waals surface area contributed by atoms with E-state index in [-0.39, 0.29) is 11.8 Å². The molecule has 0 bridgehead atoms. The zero-order chi connectivity index (χ0) is 17.8. The van der Waals surface area contributed by atoms with E-state index in [1.165, 1.54) is 0 Å². The molecule has 7 heteroatoms.